The molecule has 40 heavy (non-hydrogen) atoms. The van der Waals surface area contributed by atoms with Crippen LogP contribution in [0.5, 0.6) is 0 Å². The number of rotatable bonds is 22. The molecule has 2 heterocycles. The maximum Gasteiger partial charge on any atom is 0.264 e. The van der Waals surface area contributed by atoms with E-state index in [1.165, 1.54) is 57.8 Å². The molecule has 0 unspecified atom stereocenters. The van der Waals surface area contributed by atoms with Crippen molar-refractivity contribution in [2.24, 2.45) is 5.92 Å². The molecule has 8 nitrogen and oxygen atoms in total. The van der Waals surface area contributed by atoms with Crippen molar-refractivity contribution in [2.75, 3.05) is 57.0 Å². The van der Waals surface area contributed by atoms with Crippen LogP contribution >= 0.6 is 0 Å². The van der Waals surface area contributed by atoms with Crippen molar-refractivity contribution in [3.8, 4) is 0 Å². The van der Waals surface area contributed by atoms with E-state index in [0.717, 1.165) is 83.4 Å². The summed E-state index contributed by atoms with van der Waals surface area (Å²) in [5.74, 6) is 1.64. The number of piperazine rings is 1. The fourth-order valence-electron chi connectivity index (χ4n) is 5.25. The predicted octanol–water partition coefficient (Wildman–Crippen LogP) is 6.03. The quantitative estimate of drug-likeness (QED) is 0.132. The van der Waals surface area contributed by atoms with E-state index in [4.69, 9.17) is 4.18 Å². The Bertz CT molecular complexity index is 900. The maximum absolute atomic E-state index is 12.5. The van der Waals surface area contributed by atoms with Gasteiger partial charge in [0.2, 0.25) is 0 Å². The van der Waals surface area contributed by atoms with Gasteiger partial charge in [0.15, 0.2) is 0 Å². The van der Waals surface area contributed by atoms with Crippen molar-refractivity contribution in [1.29, 1.82) is 0 Å². The van der Waals surface area contributed by atoms with Gasteiger partial charge in [-0.05, 0) is 30.9 Å². The van der Waals surface area contributed by atoms with Crippen LogP contribution in [0.15, 0.2) is 18.3 Å². The normalized spacial score (nSPS) is 14.7. The summed E-state index contributed by atoms with van der Waals surface area (Å²) in [6, 6.07) is 3.88. The second kappa shape index (κ2) is 20.2. The Morgan fingerprint density at radius 3 is 1.85 bits per heavy atom. The van der Waals surface area contributed by atoms with Crippen LogP contribution < -0.4 is 10.2 Å². The van der Waals surface area contributed by atoms with Crippen LogP contribution in [0, 0.1) is 5.92 Å². The Morgan fingerprint density at radius 1 is 0.850 bits per heavy atom. The molecule has 0 aromatic carbocycles. The van der Waals surface area contributed by atoms with Gasteiger partial charge < -0.3 is 10.2 Å². The number of nitrogens with zero attached hydrogens (tertiary/aromatic N) is 3. The third-order valence-electron chi connectivity index (χ3n) is 7.48. The Morgan fingerprint density at radius 2 is 1.38 bits per heavy atom. The highest BCUT2D eigenvalue weighted by Gasteiger charge is 2.18. The standard InChI is InChI=1S/C31H56N4O4S/c1-28(2)27-34-21-23-35(24-22-34)30-19-18-29(26-33-30)31(36)32-20-16-14-12-10-8-6-4-5-7-9-11-13-15-17-25-39-40(3,37)38/h18-19,26,28H,4-17,20-25,27H2,1-3H3,(H,32,36). The first kappa shape index (κ1) is 34.5. The Balaban J connectivity index is 1.38. The van der Waals surface area contributed by atoms with Crippen LogP contribution in [0.4, 0.5) is 5.82 Å². The summed E-state index contributed by atoms with van der Waals surface area (Å²) in [5.41, 5.74) is 0.640. The van der Waals surface area contributed by atoms with Crippen LogP contribution in [-0.2, 0) is 14.3 Å². The summed E-state index contributed by atoms with van der Waals surface area (Å²) in [5, 5.41) is 3.05. The summed E-state index contributed by atoms with van der Waals surface area (Å²) in [4.78, 5) is 21.9. The van der Waals surface area contributed by atoms with Gasteiger partial charge in [0.1, 0.15) is 5.82 Å². The molecule has 1 amide bonds. The second-order valence-corrected chi connectivity index (χ2v) is 13.5. The molecule has 2 rings (SSSR count). The molecule has 0 saturated carbocycles. The monoisotopic (exact) mass is 580 g/mol. The number of hydrogen-bond acceptors (Lipinski definition) is 7. The number of nitrogens with one attached hydrogen (secondary N) is 1. The van der Waals surface area contributed by atoms with Gasteiger partial charge in [-0.1, -0.05) is 90.9 Å². The maximum atomic E-state index is 12.5. The molecule has 1 fully saturated rings. The lowest BCUT2D eigenvalue weighted by atomic mass is 10.0. The van der Waals surface area contributed by atoms with E-state index in [2.05, 4.69) is 33.9 Å². The SMILES string of the molecule is CC(C)CN1CCN(c2ccc(C(=O)NCCCCCCCCCCCCCCCCOS(C)(=O)=O)cn2)CC1. The van der Waals surface area contributed by atoms with Gasteiger partial charge in [-0.3, -0.25) is 13.9 Å². The zero-order valence-electron chi connectivity index (χ0n) is 25.5. The average Bonchev–Trinajstić information content (AvgIpc) is 2.92. The van der Waals surface area contributed by atoms with Gasteiger partial charge in [0, 0.05) is 45.5 Å². The highest BCUT2D eigenvalue weighted by atomic mass is 32.2. The summed E-state index contributed by atoms with van der Waals surface area (Å²) >= 11 is 0. The summed E-state index contributed by atoms with van der Waals surface area (Å²) < 4.78 is 26.5. The van der Waals surface area contributed by atoms with Crippen LogP contribution in [0.25, 0.3) is 0 Å². The molecule has 230 valence electrons. The smallest absolute Gasteiger partial charge is 0.264 e. The van der Waals surface area contributed by atoms with Crippen LogP contribution in [-0.4, -0.2) is 76.3 Å². The predicted molar refractivity (Wildman–Crippen MR) is 165 cm³/mol. The van der Waals surface area contributed by atoms with E-state index in [0.29, 0.717) is 18.1 Å². The number of anilines is 1. The van der Waals surface area contributed by atoms with E-state index < -0.39 is 10.1 Å². The lowest BCUT2D eigenvalue weighted by molar-refractivity contribution is 0.0952. The molecule has 1 saturated heterocycles. The van der Waals surface area contributed by atoms with Crippen molar-refractivity contribution in [3.05, 3.63) is 23.9 Å². The molecule has 1 aliphatic heterocycles. The minimum atomic E-state index is -3.28. The molecule has 0 spiro atoms. The van der Waals surface area contributed by atoms with Gasteiger partial charge in [0.25, 0.3) is 16.0 Å². The van der Waals surface area contributed by atoms with E-state index >= 15 is 0 Å². The fourth-order valence-corrected chi connectivity index (χ4v) is 5.67. The van der Waals surface area contributed by atoms with Crippen LogP contribution in [0.3, 0.4) is 0 Å². The minimum absolute atomic E-state index is 0.0261. The molecule has 0 atom stereocenters. The molecule has 0 aliphatic carbocycles. The summed E-state index contributed by atoms with van der Waals surface area (Å²) in [6.07, 6.45) is 19.6. The number of carbonyl (C=O) groups is 1. The van der Waals surface area contributed by atoms with E-state index in [1.807, 2.05) is 12.1 Å². The summed E-state index contributed by atoms with van der Waals surface area (Å²) in [7, 11) is -3.28. The van der Waals surface area contributed by atoms with Crippen molar-refractivity contribution in [3.63, 3.8) is 0 Å². The number of carbonyl (C=O) groups excluding carboxylic acids is 1. The van der Waals surface area contributed by atoms with Gasteiger partial charge in [-0.15, -0.1) is 0 Å². The fraction of sp³-hybridized carbons (Fsp3) is 0.806. The van der Waals surface area contributed by atoms with Gasteiger partial charge in [-0.25, -0.2) is 4.98 Å². The Labute approximate surface area is 244 Å². The number of hydrogen-bond donors (Lipinski definition) is 1. The highest BCUT2D eigenvalue weighted by molar-refractivity contribution is 7.85. The minimum Gasteiger partial charge on any atom is -0.354 e. The molecule has 9 heteroatoms. The Kier molecular flexibility index (Phi) is 17.4. The zero-order valence-corrected chi connectivity index (χ0v) is 26.4. The van der Waals surface area contributed by atoms with Crippen molar-refractivity contribution < 1.29 is 17.4 Å². The van der Waals surface area contributed by atoms with Crippen LogP contribution in [0.1, 0.15) is 114 Å². The number of unbranched alkanes of at least 4 members (excludes halogenated alkanes) is 13. The molecular weight excluding hydrogens is 524 g/mol. The molecule has 1 aromatic rings. The summed E-state index contributed by atoms with van der Waals surface area (Å²) in [6.45, 7) is 10.8. The Hall–Kier alpha value is -1.71. The lowest BCUT2D eigenvalue weighted by Gasteiger charge is -2.36. The second-order valence-electron chi connectivity index (χ2n) is 11.8. The first-order valence-electron chi connectivity index (χ1n) is 15.8. The first-order chi connectivity index (χ1) is 19.2. The van der Waals surface area contributed by atoms with E-state index in [-0.39, 0.29) is 5.91 Å². The van der Waals surface area contributed by atoms with Gasteiger partial charge in [0.05, 0.1) is 18.4 Å². The molecular formula is C31H56N4O4S. The first-order valence-corrected chi connectivity index (χ1v) is 17.6. The average molecular weight is 581 g/mol. The van der Waals surface area contributed by atoms with Crippen molar-refractivity contribution in [2.45, 2.75) is 104 Å². The molecule has 0 radical (unpaired) electrons. The van der Waals surface area contributed by atoms with Crippen molar-refractivity contribution in [1.82, 2.24) is 15.2 Å². The van der Waals surface area contributed by atoms with E-state index in [1.54, 1.807) is 6.20 Å². The van der Waals surface area contributed by atoms with E-state index in [9.17, 15) is 13.2 Å². The van der Waals surface area contributed by atoms with Gasteiger partial charge in [-0.2, -0.15) is 8.42 Å². The molecule has 0 bridgehead atoms. The van der Waals surface area contributed by atoms with Crippen LogP contribution in [0.2, 0.25) is 0 Å². The topological polar surface area (TPSA) is 91.8 Å². The highest BCUT2D eigenvalue weighted by Crippen LogP contribution is 2.16. The number of aromatic nitrogens is 1. The number of pyridine rings is 1. The molecule has 1 N–H and O–H groups in total. The molecule has 1 aromatic heterocycles. The third kappa shape index (κ3) is 16.5. The number of amides is 1. The lowest BCUT2D eigenvalue weighted by Crippen LogP contribution is -2.47. The third-order valence-corrected chi connectivity index (χ3v) is 8.08. The molecule has 1 aliphatic rings. The largest absolute Gasteiger partial charge is 0.354 e. The zero-order chi connectivity index (χ0) is 29.1. The van der Waals surface area contributed by atoms with Crippen molar-refractivity contribution >= 4 is 21.8 Å². The van der Waals surface area contributed by atoms with Gasteiger partial charge >= 0.3 is 0 Å².